The molecule has 0 saturated carbocycles. The van der Waals surface area contributed by atoms with E-state index in [1.807, 2.05) is 16.8 Å². The molecule has 0 aliphatic carbocycles. The SMILES string of the molecule is CCC(C)(C)c1ccc(CNC(=O)N2CCCC(N(C)CC(=O)O)CC2)cc1. The van der Waals surface area contributed by atoms with Crippen LogP contribution < -0.4 is 5.32 Å². The summed E-state index contributed by atoms with van der Waals surface area (Å²) < 4.78 is 0. The quantitative estimate of drug-likeness (QED) is 0.749. The molecule has 2 amide bonds. The van der Waals surface area contributed by atoms with E-state index >= 15 is 0 Å². The highest BCUT2D eigenvalue weighted by Crippen LogP contribution is 2.26. The number of carboxylic acid groups (broad SMARTS) is 1. The number of benzene rings is 1. The van der Waals surface area contributed by atoms with Gasteiger partial charge in [-0.1, -0.05) is 45.0 Å². The molecular formula is C22H35N3O3. The molecule has 2 rings (SSSR count). The maximum atomic E-state index is 12.6. The first-order chi connectivity index (χ1) is 13.2. The van der Waals surface area contributed by atoms with Crippen molar-refractivity contribution in [1.82, 2.24) is 15.1 Å². The molecule has 1 aromatic rings. The van der Waals surface area contributed by atoms with E-state index in [4.69, 9.17) is 5.11 Å². The van der Waals surface area contributed by atoms with Gasteiger partial charge in [-0.3, -0.25) is 9.69 Å². The van der Waals surface area contributed by atoms with Crippen LogP contribution in [0.5, 0.6) is 0 Å². The lowest BCUT2D eigenvalue weighted by Crippen LogP contribution is -2.41. The first-order valence-corrected chi connectivity index (χ1v) is 10.3. The maximum absolute atomic E-state index is 12.6. The first-order valence-electron chi connectivity index (χ1n) is 10.3. The molecule has 1 atom stereocenters. The Morgan fingerprint density at radius 3 is 2.50 bits per heavy atom. The number of amides is 2. The minimum absolute atomic E-state index is 0.0421. The summed E-state index contributed by atoms with van der Waals surface area (Å²) in [6, 6.07) is 8.65. The molecule has 2 N–H and O–H groups in total. The Balaban J connectivity index is 1.84. The minimum Gasteiger partial charge on any atom is -0.480 e. The second kappa shape index (κ2) is 9.92. The summed E-state index contributed by atoms with van der Waals surface area (Å²) in [5, 5.41) is 12.0. The third kappa shape index (κ3) is 6.23. The Hall–Kier alpha value is -2.08. The van der Waals surface area contributed by atoms with Gasteiger partial charge < -0.3 is 15.3 Å². The van der Waals surface area contributed by atoms with Gasteiger partial charge in [0.15, 0.2) is 0 Å². The van der Waals surface area contributed by atoms with Gasteiger partial charge in [-0.15, -0.1) is 0 Å². The smallest absolute Gasteiger partial charge is 0.317 e. The first kappa shape index (κ1) is 22.2. The molecular weight excluding hydrogens is 354 g/mol. The van der Waals surface area contributed by atoms with E-state index in [-0.39, 0.29) is 24.0 Å². The van der Waals surface area contributed by atoms with Crippen molar-refractivity contribution in [1.29, 1.82) is 0 Å². The van der Waals surface area contributed by atoms with Crippen molar-refractivity contribution in [2.45, 2.75) is 64.5 Å². The van der Waals surface area contributed by atoms with Gasteiger partial charge in [0.05, 0.1) is 6.54 Å². The Bertz CT molecular complexity index is 657. The van der Waals surface area contributed by atoms with E-state index in [2.05, 4.69) is 50.4 Å². The maximum Gasteiger partial charge on any atom is 0.317 e. The number of nitrogens with one attached hydrogen (secondary N) is 1. The number of carbonyl (C=O) groups is 2. The summed E-state index contributed by atoms with van der Waals surface area (Å²) in [6.07, 6.45) is 3.70. The van der Waals surface area contributed by atoms with Gasteiger partial charge >= 0.3 is 12.0 Å². The lowest BCUT2D eigenvalue weighted by molar-refractivity contribution is -0.138. The third-order valence-electron chi connectivity index (χ3n) is 6.06. The minimum atomic E-state index is -0.810. The van der Waals surface area contributed by atoms with Crippen molar-refractivity contribution in [2.75, 3.05) is 26.7 Å². The largest absolute Gasteiger partial charge is 0.480 e. The molecule has 1 aliphatic heterocycles. The van der Waals surface area contributed by atoms with E-state index in [9.17, 15) is 9.59 Å². The summed E-state index contributed by atoms with van der Waals surface area (Å²) in [7, 11) is 1.85. The molecule has 1 aromatic carbocycles. The molecule has 0 aromatic heterocycles. The number of carbonyl (C=O) groups excluding carboxylic acids is 1. The van der Waals surface area contributed by atoms with E-state index in [1.165, 1.54) is 5.56 Å². The van der Waals surface area contributed by atoms with Crippen molar-refractivity contribution < 1.29 is 14.7 Å². The Morgan fingerprint density at radius 1 is 1.21 bits per heavy atom. The van der Waals surface area contributed by atoms with E-state index < -0.39 is 5.97 Å². The fourth-order valence-electron chi connectivity index (χ4n) is 3.63. The molecule has 0 radical (unpaired) electrons. The highest BCUT2D eigenvalue weighted by Gasteiger charge is 2.24. The number of nitrogens with zero attached hydrogens (tertiary/aromatic N) is 2. The number of rotatable bonds is 7. The third-order valence-corrected chi connectivity index (χ3v) is 6.06. The van der Waals surface area contributed by atoms with Crippen LogP contribution in [-0.2, 0) is 16.8 Å². The monoisotopic (exact) mass is 389 g/mol. The van der Waals surface area contributed by atoms with Crippen molar-refractivity contribution >= 4 is 12.0 Å². The number of urea groups is 1. The molecule has 0 spiro atoms. The number of aliphatic carboxylic acids is 1. The normalized spacial score (nSPS) is 18.0. The predicted molar refractivity (Wildman–Crippen MR) is 111 cm³/mol. The van der Waals surface area contributed by atoms with Crippen LogP contribution in [-0.4, -0.2) is 59.6 Å². The van der Waals surface area contributed by atoms with E-state index in [0.717, 1.165) is 31.2 Å². The van der Waals surface area contributed by atoms with Crippen molar-refractivity contribution in [2.24, 2.45) is 0 Å². The number of hydrogen-bond acceptors (Lipinski definition) is 3. The summed E-state index contributed by atoms with van der Waals surface area (Å²) in [6.45, 7) is 8.61. The van der Waals surface area contributed by atoms with Gasteiger partial charge in [0.2, 0.25) is 0 Å². The zero-order valence-electron chi connectivity index (χ0n) is 17.7. The molecule has 1 heterocycles. The lowest BCUT2D eigenvalue weighted by atomic mass is 9.82. The van der Waals surface area contributed by atoms with Crippen LogP contribution >= 0.6 is 0 Å². The van der Waals surface area contributed by atoms with Gasteiger partial charge in [-0.25, -0.2) is 4.79 Å². The van der Waals surface area contributed by atoms with Crippen LogP contribution in [0.2, 0.25) is 0 Å². The Kier molecular flexibility index (Phi) is 7.87. The fourth-order valence-corrected chi connectivity index (χ4v) is 3.63. The standard InChI is InChI=1S/C22H35N3O3/c1-5-22(2,3)18-10-8-17(9-11-18)15-23-21(28)25-13-6-7-19(12-14-25)24(4)16-20(26)27/h8-11,19H,5-7,12-16H2,1-4H3,(H,23,28)(H,26,27). The zero-order chi connectivity index (χ0) is 20.7. The molecule has 6 nitrogen and oxygen atoms in total. The van der Waals surface area contributed by atoms with Crippen LogP contribution in [0, 0.1) is 0 Å². The number of hydrogen-bond donors (Lipinski definition) is 2. The van der Waals surface area contributed by atoms with Gasteiger partial charge in [0, 0.05) is 25.7 Å². The Morgan fingerprint density at radius 2 is 1.89 bits per heavy atom. The highest BCUT2D eigenvalue weighted by molar-refractivity contribution is 5.74. The summed E-state index contributed by atoms with van der Waals surface area (Å²) in [5.41, 5.74) is 2.57. The molecule has 1 aliphatic rings. The Labute approximate surface area is 168 Å². The molecule has 156 valence electrons. The average Bonchev–Trinajstić information content (AvgIpc) is 2.92. The number of likely N-dealkylation sites (tertiary alicyclic amines) is 1. The van der Waals surface area contributed by atoms with E-state index in [1.54, 1.807) is 0 Å². The molecule has 0 bridgehead atoms. The van der Waals surface area contributed by atoms with Crippen molar-refractivity contribution in [3.63, 3.8) is 0 Å². The second-order valence-electron chi connectivity index (χ2n) is 8.47. The fraction of sp³-hybridized carbons (Fsp3) is 0.636. The van der Waals surface area contributed by atoms with Crippen LogP contribution in [0.3, 0.4) is 0 Å². The topological polar surface area (TPSA) is 72.9 Å². The molecule has 6 heteroatoms. The summed E-state index contributed by atoms with van der Waals surface area (Å²) in [5.74, 6) is -0.810. The van der Waals surface area contributed by atoms with Gasteiger partial charge in [-0.2, -0.15) is 0 Å². The second-order valence-corrected chi connectivity index (χ2v) is 8.47. The highest BCUT2D eigenvalue weighted by atomic mass is 16.4. The van der Waals surface area contributed by atoms with Gasteiger partial charge in [-0.05, 0) is 49.3 Å². The molecule has 1 unspecified atom stereocenters. The number of likely N-dealkylation sites (N-methyl/N-ethyl adjacent to an activating group) is 1. The van der Waals surface area contributed by atoms with Crippen LogP contribution in [0.4, 0.5) is 4.79 Å². The number of carboxylic acids is 1. The lowest BCUT2D eigenvalue weighted by Gasteiger charge is -2.25. The summed E-state index contributed by atoms with van der Waals surface area (Å²) >= 11 is 0. The predicted octanol–water partition coefficient (Wildman–Crippen LogP) is 3.45. The zero-order valence-corrected chi connectivity index (χ0v) is 17.7. The van der Waals surface area contributed by atoms with Crippen molar-refractivity contribution in [3.05, 3.63) is 35.4 Å². The van der Waals surface area contributed by atoms with Crippen LogP contribution in [0.1, 0.15) is 57.6 Å². The molecule has 28 heavy (non-hydrogen) atoms. The van der Waals surface area contributed by atoms with E-state index in [0.29, 0.717) is 19.6 Å². The van der Waals surface area contributed by atoms with Gasteiger partial charge in [0.25, 0.3) is 0 Å². The van der Waals surface area contributed by atoms with Crippen molar-refractivity contribution in [3.8, 4) is 0 Å². The van der Waals surface area contributed by atoms with Gasteiger partial charge in [0.1, 0.15) is 0 Å². The summed E-state index contributed by atoms with van der Waals surface area (Å²) in [4.78, 5) is 27.2. The average molecular weight is 390 g/mol. The van der Waals surface area contributed by atoms with Crippen LogP contribution in [0.25, 0.3) is 0 Å². The molecule has 1 fully saturated rings. The van der Waals surface area contributed by atoms with Crippen LogP contribution in [0.15, 0.2) is 24.3 Å². The molecule has 1 saturated heterocycles.